The number of aromatic nitrogens is 3. The second-order valence-corrected chi connectivity index (χ2v) is 6.35. The van der Waals surface area contributed by atoms with Crippen LogP contribution in [0.25, 0.3) is 11.3 Å². The molecule has 0 saturated carbocycles. The number of pyridine rings is 1. The number of carbonyl (C=O) groups excluding carboxylic acids is 1. The number of ether oxygens (including phenoxy) is 1. The number of amides is 1. The number of carbonyl (C=O) groups is 1. The molecule has 2 heterocycles. The molecule has 2 aromatic rings. The van der Waals surface area contributed by atoms with Gasteiger partial charge in [0.05, 0.1) is 5.69 Å². The number of alkyl halides is 2. The van der Waals surface area contributed by atoms with E-state index in [1.54, 1.807) is 26.8 Å². The molecule has 2 rings (SSSR count). The third-order valence-corrected chi connectivity index (χ3v) is 3.17. The standard InChI is InChI=1S/C17H20F2N4O2/c1-17(2,3)25-16(24)23-7-11-4-14(20-8-12(11)5-18)13-9-21-15(6-19)22-10-13/h4,8-10H,5-7H2,1-3H3,(H,23,24). The molecule has 0 atom stereocenters. The first-order chi connectivity index (χ1) is 11.8. The van der Waals surface area contributed by atoms with Gasteiger partial charge in [-0.2, -0.15) is 0 Å². The van der Waals surface area contributed by atoms with Crippen LogP contribution < -0.4 is 5.32 Å². The van der Waals surface area contributed by atoms with Crippen LogP contribution in [-0.4, -0.2) is 26.6 Å². The van der Waals surface area contributed by atoms with Gasteiger partial charge in [0.15, 0.2) is 5.82 Å². The largest absolute Gasteiger partial charge is 0.444 e. The molecular formula is C17H20F2N4O2. The van der Waals surface area contributed by atoms with Crippen molar-refractivity contribution in [2.45, 2.75) is 46.3 Å². The van der Waals surface area contributed by atoms with Gasteiger partial charge in [-0.25, -0.2) is 23.5 Å². The van der Waals surface area contributed by atoms with E-state index in [1.165, 1.54) is 18.6 Å². The Kier molecular flexibility index (Phi) is 5.95. The minimum atomic E-state index is -0.750. The molecule has 2 aromatic heterocycles. The summed E-state index contributed by atoms with van der Waals surface area (Å²) in [4.78, 5) is 23.7. The predicted molar refractivity (Wildman–Crippen MR) is 88.0 cm³/mol. The average molecular weight is 350 g/mol. The SMILES string of the molecule is CC(C)(C)OC(=O)NCc1cc(-c2cnc(CF)nc2)ncc1CF. The molecule has 25 heavy (non-hydrogen) atoms. The van der Waals surface area contributed by atoms with Crippen molar-refractivity contribution < 1.29 is 18.3 Å². The van der Waals surface area contributed by atoms with Crippen molar-refractivity contribution in [2.75, 3.05) is 0 Å². The molecule has 0 unspecified atom stereocenters. The van der Waals surface area contributed by atoms with Crippen LogP contribution in [0.1, 0.15) is 37.7 Å². The summed E-state index contributed by atoms with van der Waals surface area (Å²) in [7, 11) is 0. The number of hydrogen-bond donors (Lipinski definition) is 1. The highest BCUT2D eigenvalue weighted by molar-refractivity contribution is 5.68. The third kappa shape index (κ3) is 5.44. The van der Waals surface area contributed by atoms with Gasteiger partial charge in [0.2, 0.25) is 0 Å². The van der Waals surface area contributed by atoms with Gasteiger partial charge < -0.3 is 10.1 Å². The van der Waals surface area contributed by atoms with Gasteiger partial charge >= 0.3 is 6.09 Å². The zero-order chi connectivity index (χ0) is 18.4. The minimum absolute atomic E-state index is 0.0796. The molecule has 0 aliphatic carbocycles. The lowest BCUT2D eigenvalue weighted by molar-refractivity contribution is 0.0523. The van der Waals surface area contributed by atoms with Crippen LogP contribution in [0.2, 0.25) is 0 Å². The lowest BCUT2D eigenvalue weighted by atomic mass is 10.1. The minimum Gasteiger partial charge on any atom is -0.444 e. The maximum atomic E-state index is 13.2. The van der Waals surface area contributed by atoms with Crippen LogP contribution in [0.4, 0.5) is 13.6 Å². The fourth-order valence-corrected chi connectivity index (χ4v) is 2.01. The van der Waals surface area contributed by atoms with E-state index in [9.17, 15) is 13.6 Å². The summed E-state index contributed by atoms with van der Waals surface area (Å²) in [5.74, 6) is 0.0796. The van der Waals surface area contributed by atoms with Crippen molar-refractivity contribution in [3.8, 4) is 11.3 Å². The Morgan fingerprint density at radius 2 is 1.76 bits per heavy atom. The van der Waals surface area contributed by atoms with Gasteiger partial charge in [0.1, 0.15) is 19.0 Å². The Labute approximate surface area is 144 Å². The molecule has 1 amide bonds. The Morgan fingerprint density at radius 1 is 1.08 bits per heavy atom. The van der Waals surface area contributed by atoms with Gasteiger partial charge in [-0.05, 0) is 32.4 Å². The van der Waals surface area contributed by atoms with E-state index in [0.717, 1.165) is 0 Å². The molecule has 8 heteroatoms. The van der Waals surface area contributed by atoms with Crippen molar-refractivity contribution in [1.82, 2.24) is 20.3 Å². The average Bonchev–Trinajstić information content (AvgIpc) is 2.58. The summed E-state index contributed by atoms with van der Waals surface area (Å²) in [6.45, 7) is 3.89. The molecular weight excluding hydrogens is 330 g/mol. The zero-order valence-electron chi connectivity index (χ0n) is 14.3. The maximum Gasteiger partial charge on any atom is 0.407 e. The molecule has 6 nitrogen and oxygen atoms in total. The molecule has 0 spiro atoms. The third-order valence-electron chi connectivity index (χ3n) is 3.17. The topological polar surface area (TPSA) is 77.0 Å². The monoisotopic (exact) mass is 350 g/mol. The van der Waals surface area contributed by atoms with E-state index in [1.807, 2.05) is 0 Å². The van der Waals surface area contributed by atoms with Crippen LogP contribution in [0, 0.1) is 0 Å². The van der Waals surface area contributed by atoms with Crippen molar-refractivity contribution in [1.29, 1.82) is 0 Å². The first-order valence-electron chi connectivity index (χ1n) is 7.70. The van der Waals surface area contributed by atoms with Crippen LogP contribution in [0.5, 0.6) is 0 Å². The van der Waals surface area contributed by atoms with E-state index in [4.69, 9.17) is 4.74 Å². The summed E-state index contributed by atoms with van der Waals surface area (Å²) in [5, 5.41) is 2.59. The molecule has 0 fully saturated rings. The number of rotatable bonds is 5. The first kappa shape index (κ1) is 18.7. The fourth-order valence-electron chi connectivity index (χ4n) is 2.01. The van der Waals surface area contributed by atoms with Crippen molar-refractivity contribution in [2.24, 2.45) is 0 Å². The van der Waals surface area contributed by atoms with E-state index in [0.29, 0.717) is 22.4 Å². The number of nitrogens with zero attached hydrogens (tertiary/aromatic N) is 3. The highest BCUT2D eigenvalue weighted by atomic mass is 19.1. The van der Waals surface area contributed by atoms with Gasteiger partial charge in [-0.1, -0.05) is 0 Å². The molecule has 0 aliphatic rings. The Morgan fingerprint density at radius 3 is 2.32 bits per heavy atom. The van der Waals surface area contributed by atoms with E-state index in [-0.39, 0.29) is 12.4 Å². The number of alkyl carbamates (subject to hydrolysis) is 1. The lowest BCUT2D eigenvalue weighted by Crippen LogP contribution is -2.32. The Hall–Kier alpha value is -2.64. The molecule has 0 bridgehead atoms. The van der Waals surface area contributed by atoms with Crippen LogP contribution in [-0.2, 0) is 24.6 Å². The van der Waals surface area contributed by atoms with E-state index >= 15 is 0 Å². The quantitative estimate of drug-likeness (QED) is 0.893. The van der Waals surface area contributed by atoms with Gasteiger partial charge in [-0.15, -0.1) is 0 Å². The fraction of sp³-hybridized carbons (Fsp3) is 0.412. The molecule has 1 N–H and O–H groups in total. The molecule has 134 valence electrons. The molecule has 0 aliphatic heterocycles. The second-order valence-electron chi connectivity index (χ2n) is 6.35. The second kappa shape index (κ2) is 7.96. The lowest BCUT2D eigenvalue weighted by Gasteiger charge is -2.20. The van der Waals surface area contributed by atoms with Crippen LogP contribution >= 0.6 is 0 Å². The molecule has 0 aromatic carbocycles. The summed E-state index contributed by atoms with van der Waals surface area (Å²) in [6, 6.07) is 1.64. The summed E-state index contributed by atoms with van der Waals surface area (Å²) in [6.07, 6.45) is 3.70. The van der Waals surface area contributed by atoms with Crippen molar-refractivity contribution in [3.63, 3.8) is 0 Å². The predicted octanol–water partition coefficient (Wildman–Crippen LogP) is 3.50. The summed E-state index contributed by atoms with van der Waals surface area (Å²) < 4.78 is 30.8. The maximum absolute atomic E-state index is 13.2. The molecule has 0 saturated heterocycles. The Bertz CT molecular complexity index is 730. The zero-order valence-corrected chi connectivity index (χ0v) is 14.3. The summed E-state index contributed by atoms with van der Waals surface area (Å²) in [5.41, 5.74) is 1.38. The number of hydrogen-bond acceptors (Lipinski definition) is 5. The highest BCUT2D eigenvalue weighted by Gasteiger charge is 2.16. The van der Waals surface area contributed by atoms with E-state index in [2.05, 4.69) is 20.3 Å². The Balaban J connectivity index is 2.17. The summed E-state index contributed by atoms with van der Waals surface area (Å²) >= 11 is 0. The molecule has 0 radical (unpaired) electrons. The van der Waals surface area contributed by atoms with E-state index < -0.39 is 25.0 Å². The van der Waals surface area contributed by atoms with Gasteiger partial charge in [0.25, 0.3) is 0 Å². The van der Waals surface area contributed by atoms with Crippen LogP contribution in [0.3, 0.4) is 0 Å². The smallest absolute Gasteiger partial charge is 0.407 e. The van der Waals surface area contributed by atoms with Crippen molar-refractivity contribution in [3.05, 3.63) is 41.6 Å². The normalized spacial score (nSPS) is 11.2. The van der Waals surface area contributed by atoms with Gasteiger partial charge in [0, 0.05) is 36.3 Å². The number of halogens is 2. The van der Waals surface area contributed by atoms with Crippen LogP contribution in [0.15, 0.2) is 24.7 Å². The van der Waals surface area contributed by atoms with Crippen molar-refractivity contribution >= 4 is 6.09 Å². The first-order valence-corrected chi connectivity index (χ1v) is 7.70. The van der Waals surface area contributed by atoms with Gasteiger partial charge in [-0.3, -0.25) is 4.98 Å². The highest BCUT2D eigenvalue weighted by Crippen LogP contribution is 2.20. The number of nitrogens with one attached hydrogen (secondary N) is 1.